The van der Waals surface area contributed by atoms with Gasteiger partial charge in [-0.25, -0.2) is 4.79 Å². The first-order valence-electron chi connectivity index (χ1n) is 6.08. The summed E-state index contributed by atoms with van der Waals surface area (Å²) in [5.41, 5.74) is 5.76. The van der Waals surface area contributed by atoms with E-state index in [1.54, 1.807) is 0 Å². The molecule has 2 N–H and O–H groups in total. The van der Waals surface area contributed by atoms with Crippen LogP contribution in [0.3, 0.4) is 0 Å². The number of carbonyl (C=O) groups is 1. The van der Waals surface area contributed by atoms with E-state index in [1.807, 2.05) is 0 Å². The topological polar surface area (TPSA) is 49.6 Å². The number of hydrogen-bond acceptors (Lipinski definition) is 2. The monoisotopic (exact) mass is 209 g/mol. The van der Waals surface area contributed by atoms with Crippen LogP contribution in [0.25, 0.3) is 0 Å². The van der Waals surface area contributed by atoms with E-state index in [1.165, 1.54) is 25.7 Å². The largest absolute Gasteiger partial charge is 0.330 e. The van der Waals surface area contributed by atoms with Crippen molar-refractivity contribution in [1.29, 1.82) is 0 Å². The zero-order valence-corrected chi connectivity index (χ0v) is 9.11. The van der Waals surface area contributed by atoms with E-state index in [4.69, 9.17) is 5.73 Å². The predicted molar refractivity (Wildman–Crippen MR) is 57.5 cm³/mol. The van der Waals surface area contributed by atoms with Crippen molar-refractivity contribution in [3.05, 3.63) is 0 Å². The highest BCUT2D eigenvalue weighted by Gasteiger charge is 2.64. The molecule has 0 aromatic carbocycles. The van der Waals surface area contributed by atoms with Crippen LogP contribution in [0, 0.1) is 0 Å². The fraction of sp³-hybridized carbons (Fsp3) is 0.909. The highest BCUT2D eigenvalue weighted by Crippen LogP contribution is 2.54. The van der Waals surface area contributed by atoms with Gasteiger partial charge in [0.1, 0.15) is 0 Å². The van der Waals surface area contributed by atoms with Crippen LogP contribution in [-0.4, -0.2) is 47.0 Å². The maximum atomic E-state index is 12.2. The van der Waals surface area contributed by atoms with Crippen molar-refractivity contribution in [2.24, 2.45) is 5.73 Å². The Labute approximate surface area is 90.4 Å². The van der Waals surface area contributed by atoms with Crippen molar-refractivity contribution >= 4 is 6.03 Å². The fourth-order valence-corrected chi connectivity index (χ4v) is 3.38. The molecule has 0 aromatic rings. The van der Waals surface area contributed by atoms with Gasteiger partial charge in [-0.2, -0.15) is 0 Å². The van der Waals surface area contributed by atoms with Crippen molar-refractivity contribution in [2.45, 2.75) is 43.7 Å². The molecule has 1 spiro atoms. The number of amides is 2. The molecule has 84 valence electrons. The van der Waals surface area contributed by atoms with Crippen molar-refractivity contribution in [2.75, 3.05) is 19.6 Å². The number of fused-ring (bicyclic) bond motifs is 2. The lowest BCUT2D eigenvalue weighted by atomic mass is 10.0. The minimum Gasteiger partial charge on any atom is -0.330 e. The Kier molecular flexibility index (Phi) is 1.96. The summed E-state index contributed by atoms with van der Waals surface area (Å²) in [4.78, 5) is 16.4. The molecule has 1 atom stereocenters. The molecule has 4 nitrogen and oxygen atoms in total. The second-order valence-electron chi connectivity index (χ2n) is 5.03. The molecule has 2 amide bonds. The molecule has 2 aliphatic heterocycles. The highest BCUT2D eigenvalue weighted by atomic mass is 16.2. The van der Waals surface area contributed by atoms with Crippen LogP contribution in [-0.2, 0) is 0 Å². The van der Waals surface area contributed by atoms with Crippen LogP contribution in [0.4, 0.5) is 4.79 Å². The summed E-state index contributed by atoms with van der Waals surface area (Å²) in [6.45, 7) is 2.53. The molecule has 1 aliphatic carbocycles. The van der Waals surface area contributed by atoms with Gasteiger partial charge in [0.25, 0.3) is 0 Å². The van der Waals surface area contributed by atoms with Crippen LogP contribution in [0.1, 0.15) is 32.1 Å². The van der Waals surface area contributed by atoms with Gasteiger partial charge in [0.05, 0.1) is 11.6 Å². The Morgan fingerprint density at radius 2 is 2.27 bits per heavy atom. The zero-order valence-electron chi connectivity index (χ0n) is 9.11. The van der Waals surface area contributed by atoms with E-state index in [-0.39, 0.29) is 11.6 Å². The minimum absolute atomic E-state index is 0.239. The predicted octanol–water partition coefficient (Wildman–Crippen LogP) is 0.768. The zero-order chi connectivity index (χ0) is 10.5. The van der Waals surface area contributed by atoms with Crippen LogP contribution in [0.15, 0.2) is 0 Å². The quantitative estimate of drug-likeness (QED) is 0.746. The second-order valence-corrected chi connectivity index (χ2v) is 5.03. The van der Waals surface area contributed by atoms with E-state index < -0.39 is 0 Å². The number of carbonyl (C=O) groups excluding carboxylic acids is 1. The third-order valence-corrected chi connectivity index (χ3v) is 4.24. The van der Waals surface area contributed by atoms with Crippen molar-refractivity contribution in [3.8, 4) is 0 Å². The Hall–Kier alpha value is -0.770. The molecule has 0 aromatic heterocycles. The first-order valence-corrected chi connectivity index (χ1v) is 6.08. The number of nitrogens with zero attached hydrogens (tertiary/aromatic N) is 2. The van der Waals surface area contributed by atoms with Gasteiger partial charge in [-0.15, -0.1) is 0 Å². The average Bonchev–Trinajstić information content (AvgIpc) is 2.82. The van der Waals surface area contributed by atoms with Gasteiger partial charge >= 0.3 is 6.03 Å². The molecule has 3 aliphatic rings. The number of nitrogens with two attached hydrogens (primary N) is 1. The smallest absolute Gasteiger partial charge is 0.320 e. The minimum atomic E-state index is 0.239. The van der Waals surface area contributed by atoms with Crippen LogP contribution < -0.4 is 5.73 Å². The number of urea groups is 1. The van der Waals surface area contributed by atoms with Crippen molar-refractivity contribution in [1.82, 2.24) is 9.80 Å². The summed E-state index contributed by atoms with van der Waals surface area (Å²) in [5, 5.41) is 0. The second kappa shape index (κ2) is 3.11. The van der Waals surface area contributed by atoms with Crippen molar-refractivity contribution < 1.29 is 4.79 Å². The van der Waals surface area contributed by atoms with Gasteiger partial charge in [-0.3, -0.25) is 0 Å². The fourth-order valence-electron chi connectivity index (χ4n) is 3.38. The average molecular weight is 209 g/mol. The van der Waals surface area contributed by atoms with E-state index in [0.29, 0.717) is 12.6 Å². The summed E-state index contributed by atoms with van der Waals surface area (Å²) >= 11 is 0. The van der Waals surface area contributed by atoms with E-state index in [9.17, 15) is 4.79 Å². The number of rotatable bonds is 3. The Morgan fingerprint density at radius 1 is 1.47 bits per heavy atom. The molecule has 1 saturated carbocycles. The third kappa shape index (κ3) is 1.14. The molecule has 3 rings (SSSR count). The van der Waals surface area contributed by atoms with Gasteiger partial charge in [0, 0.05) is 13.1 Å². The lowest BCUT2D eigenvalue weighted by Gasteiger charge is -2.25. The molecule has 0 bridgehead atoms. The molecule has 4 heteroatoms. The Bertz CT molecular complexity index is 288. The van der Waals surface area contributed by atoms with Crippen LogP contribution >= 0.6 is 0 Å². The Morgan fingerprint density at radius 3 is 2.93 bits per heavy atom. The summed E-state index contributed by atoms with van der Waals surface area (Å²) < 4.78 is 0. The van der Waals surface area contributed by atoms with Crippen molar-refractivity contribution in [3.63, 3.8) is 0 Å². The lowest BCUT2D eigenvalue weighted by molar-refractivity contribution is 0.184. The molecule has 15 heavy (non-hydrogen) atoms. The SMILES string of the molecule is NCCCN1C(=O)N2CCC[C@H]2C12CC2. The summed E-state index contributed by atoms with van der Waals surface area (Å²) in [7, 11) is 0. The molecule has 0 unspecified atom stereocenters. The molecule has 3 fully saturated rings. The normalized spacial score (nSPS) is 31.5. The van der Waals surface area contributed by atoms with Crippen LogP contribution in [0.5, 0.6) is 0 Å². The Balaban J connectivity index is 1.80. The molecular formula is C11H19N3O. The lowest BCUT2D eigenvalue weighted by Crippen LogP contribution is -2.40. The molecular weight excluding hydrogens is 190 g/mol. The number of hydrogen-bond donors (Lipinski definition) is 1. The third-order valence-electron chi connectivity index (χ3n) is 4.24. The first-order chi connectivity index (χ1) is 7.29. The van der Waals surface area contributed by atoms with E-state index >= 15 is 0 Å². The van der Waals surface area contributed by atoms with Gasteiger partial charge in [-0.05, 0) is 38.6 Å². The van der Waals surface area contributed by atoms with E-state index in [0.717, 1.165) is 19.5 Å². The summed E-state index contributed by atoms with van der Waals surface area (Å²) in [6, 6.07) is 0.811. The maximum Gasteiger partial charge on any atom is 0.320 e. The molecule has 0 radical (unpaired) electrons. The van der Waals surface area contributed by atoms with Crippen LogP contribution in [0.2, 0.25) is 0 Å². The summed E-state index contributed by atoms with van der Waals surface area (Å²) in [6.07, 6.45) is 5.77. The van der Waals surface area contributed by atoms with E-state index in [2.05, 4.69) is 9.80 Å². The first kappa shape index (κ1) is 9.46. The standard InChI is InChI=1S/C11H19N3O/c12-6-2-8-14-10(15)13-7-1-3-9(13)11(14)4-5-11/h9H,1-8,12H2/t9-/m0/s1. The van der Waals surface area contributed by atoms with Gasteiger partial charge < -0.3 is 15.5 Å². The van der Waals surface area contributed by atoms with Gasteiger partial charge in [-0.1, -0.05) is 0 Å². The highest BCUT2D eigenvalue weighted by molar-refractivity contribution is 5.80. The molecule has 2 saturated heterocycles. The van der Waals surface area contributed by atoms with Gasteiger partial charge in [0.15, 0.2) is 0 Å². The molecule has 2 heterocycles. The summed E-state index contributed by atoms with van der Waals surface area (Å²) in [5.74, 6) is 0. The maximum absolute atomic E-state index is 12.2. The van der Waals surface area contributed by atoms with Gasteiger partial charge in [0.2, 0.25) is 0 Å².